The van der Waals surface area contributed by atoms with Crippen LogP contribution >= 0.6 is 0 Å². The zero-order chi connectivity index (χ0) is 13.8. The Morgan fingerprint density at radius 2 is 2.17 bits per heavy atom. The minimum absolute atomic E-state index is 0.0172. The number of carbonyl (C=O) groups excluding carboxylic acids is 1. The van der Waals surface area contributed by atoms with Crippen molar-refractivity contribution in [3.63, 3.8) is 0 Å². The molecule has 0 aromatic carbocycles. The second-order valence-corrected chi connectivity index (χ2v) is 5.88. The topological polar surface area (TPSA) is 53.3 Å². The number of nitrogens with zero attached hydrogens (tertiary/aromatic N) is 2. The summed E-state index contributed by atoms with van der Waals surface area (Å²) in [6, 6.07) is 2.34. The summed E-state index contributed by atoms with van der Waals surface area (Å²) in [6.07, 6.45) is 3.49. The number of rotatable bonds is 2. The second-order valence-electron chi connectivity index (χ2n) is 5.88. The molecular formula is C14H24N2O2. The first-order valence-corrected chi connectivity index (χ1v) is 6.78. The van der Waals surface area contributed by atoms with Crippen molar-refractivity contribution < 1.29 is 9.53 Å². The lowest BCUT2D eigenvalue weighted by molar-refractivity contribution is 0.00473. The molecule has 1 fully saturated rings. The van der Waals surface area contributed by atoms with Crippen LogP contribution < -0.4 is 0 Å². The summed E-state index contributed by atoms with van der Waals surface area (Å²) in [5, 5.41) is 9.18. The highest BCUT2D eigenvalue weighted by Crippen LogP contribution is 2.26. The molecule has 1 aliphatic heterocycles. The van der Waals surface area contributed by atoms with E-state index in [0.717, 1.165) is 25.7 Å². The summed E-state index contributed by atoms with van der Waals surface area (Å²) >= 11 is 0. The molecule has 2 unspecified atom stereocenters. The van der Waals surface area contributed by atoms with E-state index >= 15 is 0 Å². The second kappa shape index (κ2) is 6.08. The van der Waals surface area contributed by atoms with Crippen molar-refractivity contribution in [2.24, 2.45) is 5.92 Å². The molecule has 0 aromatic heterocycles. The third-order valence-corrected chi connectivity index (χ3v) is 3.25. The first kappa shape index (κ1) is 14.8. The van der Waals surface area contributed by atoms with E-state index in [4.69, 9.17) is 4.74 Å². The summed E-state index contributed by atoms with van der Waals surface area (Å²) in [7, 11) is 0. The number of carbonyl (C=O) groups is 1. The highest BCUT2D eigenvalue weighted by Gasteiger charge is 2.34. The van der Waals surface area contributed by atoms with Crippen molar-refractivity contribution in [3.8, 4) is 6.07 Å². The molecule has 0 radical (unpaired) electrons. The maximum absolute atomic E-state index is 12.2. The van der Waals surface area contributed by atoms with Gasteiger partial charge in [0.2, 0.25) is 0 Å². The van der Waals surface area contributed by atoms with Crippen LogP contribution in [-0.4, -0.2) is 29.2 Å². The van der Waals surface area contributed by atoms with Gasteiger partial charge in [-0.2, -0.15) is 5.26 Å². The number of amides is 1. The molecule has 1 saturated heterocycles. The van der Waals surface area contributed by atoms with Crippen LogP contribution in [-0.2, 0) is 4.74 Å². The molecule has 0 saturated carbocycles. The molecule has 0 aliphatic carbocycles. The van der Waals surface area contributed by atoms with E-state index in [1.54, 1.807) is 4.90 Å². The third kappa shape index (κ3) is 3.90. The molecule has 2 atom stereocenters. The van der Waals surface area contributed by atoms with Crippen molar-refractivity contribution in [1.29, 1.82) is 5.26 Å². The van der Waals surface area contributed by atoms with Crippen LogP contribution in [0.5, 0.6) is 0 Å². The summed E-state index contributed by atoms with van der Waals surface area (Å²) in [5.41, 5.74) is -0.479. The molecule has 1 rings (SSSR count). The molecule has 0 N–H and O–H groups in total. The summed E-state index contributed by atoms with van der Waals surface area (Å²) in [6.45, 7) is 8.30. The van der Waals surface area contributed by atoms with Crippen LogP contribution in [0.1, 0.15) is 53.4 Å². The highest BCUT2D eigenvalue weighted by atomic mass is 16.6. The van der Waals surface area contributed by atoms with E-state index in [1.807, 2.05) is 27.7 Å². The molecule has 18 heavy (non-hydrogen) atoms. The van der Waals surface area contributed by atoms with Gasteiger partial charge in [0.15, 0.2) is 0 Å². The highest BCUT2D eigenvalue weighted by molar-refractivity contribution is 5.68. The number of likely N-dealkylation sites (tertiary alicyclic amines) is 1. The van der Waals surface area contributed by atoms with Gasteiger partial charge in [0, 0.05) is 6.54 Å². The van der Waals surface area contributed by atoms with Gasteiger partial charge < -0.3 is 9.64 Å². The lowest BCUT2D eigenvalue weighted by Gasteiger charge is -2.38. The van der Waals surface area contributed by atoms with E-state index < -0.39 is 5.60 Å². The average molecular weight is 252 g/mol. The fourth-order valence-electron chi connectivity index (χ4n) is 2.37. The summed E-state index contributed by atoms with van der Waals surface area (Å²) in [4.78, 5) is 13.9. The van der Waals surface area contributed by atoms with Gasteiger partial charge in [-0.1, -0.05) is 6.92 Å². The normalized spacial score (nSPS) is 22.2. The molecule has 0 bridgehead atoms. The van der Waals surface area contributed by atoms with Crippen LogP contribution in [0.15, 0.2) is 0 Å². The Morgan fingerprint density at radius 1 is 1.50 bits per heavy atom. The summed E-state index contributed by atoms with van der Waals surface area (Å²) in [5.74, 6) is -0.0854. The summed E-state index contributed by atoms with van der Waals surface area (Å²) < 4.78 is 5.42. The number of hydrogen-bond acceptors (Lipinski definition) is 3. The molecule has 102 valence electrons. The largest absolute Gasteiger partial charge is 0.444 e. The van der Waals surface area contributed by atoms with Gasteiger partial charge in [0.1, 0.15) is 5.60 Å². The molecule has 0 spiro atoms. The Balaban J connectivity index is 2.76. The van der Waals surface area contributed by atoms with Crippen molar-refractivity contribution in [2.75, 3.05) is 6.54 Å². The molecule has 1 amide bonds. The van der Waals surface area contributed by atoms with Crippen molar-refractivity contribution in [2.45, 2.75) is 65.0 Å². The van der Waals surface area contributed by atoms with E-state index in [-0.39, 0.29) is 18.1 Å². The maximum Gasteiger partial charge on any atom is 0.410 e. The van der Waals surface area contributed by atoms with Crippen LogP contribution in [0.2, 0.25) is 0 Å². The SMILES string of the molecule is CCC(C#N)C1CCCCN1C(=O)OC(C)(C)C. The first-order valence-electron chi connectivity index (χ1n) is 6.78. The average Bonchev–Trinajstić information content (AvgIpc) is 2.29. The molecule has 4 nitrogen and oxygen atoms in total. The predicted molar refractivity (Wildman–Crippen MR) is 70.0 cm³/mol. The number of ether oxygens (including phenoxy) is 1. The molecule has 0 aromatic rings. The van der Waals surface area contributed by atoms with E-state index in [1.165, 1.54) is 0 Å². The first-order chi connectivity index (χ1) is 8.39. The quantitative estimate of drug-likeness (QED) is 0.757. The van der Waals surface area contributed by atoms with Gasteiger partial charge in [-0.3, -0.25) is 0 Å². The Hall–Kier alpha value is -1.24. The Labute approximate surface area is 110 Å². The molecule has 4 heteroatoms. The lowest BCUT2D eigenvalue weighted by Crippen LogP contribution is -2.49. The Bertz CT molecular complexity index is 328. The van der Waals surface area contributed by atoms with Crippen molar-refractivity contribution in [3.05, 3.63) is 0 Å². The van der Waals surface area contributed by atoms with Crippen LogP contribution in [0.4, 0.5) is 4.79 Å². The van der Waals surface area contributed by atoms with E-state index in [0.29, 0.717) is 6.54 Å². The van der Waals surface area contributed by atoms with E-state index in [9.17, 15) is 10.1 Å². The van der Waals surface area contributed by atoms with Gasteiger partial charge in [-0.15, -0.1) is 0 Å². The smallest absolute Gasteiger partial charge is 0.410 e. The standard InChI is InChI=1S/C14H24N2O2/c1-5-11(10-15)12-8-6-7-9-16(12)13(17)18-14(2,3)4/h11-12H,5-9H2,1-4H3. The zero-order valence-electron chi connectivity index (χ0n) is 11.9. The number of hydrogen-bond donors (Lipinski definition) is 0. The minimum atomic E-state index is -0.479. The van der Waals surface area contributed by atoms with Crippen molar-refractivity contribution >= 4 is 6.09 Å². The van der Waals surface area contributed by atoms with Gasteiger partial charge in [-0.25, -0.2) is 4.79 Å². The predicted octanol–water partition coefficient (Wildman–Crippen LogP) is 3.33. The van der Waals surface area contributed by atoms with Crippen LogP contribution in [0.3, 0.4) is 0 Å². The van der Waals surface area contributed by atoms with Crippen molar-refractivity contribution in [1.82, 2.24) is 4.90 Å². The number of piperidine rings is 1. The third-order valence-electron chi connectivity index (χ3n) is 3.25. The van der Waals surface area contributed by atoms with Gasteiger partial charge in [0.25, 0.3) is 0 Å². The van der Waals surface area contributed by atoms with Gasteiger partial charge >= 0.3 is 6.09 Å². The van der Waals surface area contributed by atoms with E-state index in [2.05, 4.69) is 6.07 Å². The maximum atomic E-state index is 12.2. The fourth-order valence-corrected chi connectivity index (χ4v) is 2.37. The van der Waals surface area contributed by atoms with Gasteiger partial charge in [-0.05, 0) is 46.5 Å². The Morgan fingerprint density at radius 3 is 2.67 bits per heavy atom. The molecular weight excluding hydrogens is 228 g/mol. The monoisotopic (exact) mass is 252 g/mol. The fraction of sp³-hybridized carbons (Fsp3) is 0.857. The van der Waals surface area contributed by atoms with Crippen LogP contribution in [0.25, 0.3) is 0 Å². The zero-order valence-corrected chi connectivity index (χ0v) is 11.9. The lowest BCUT2D eigenvalue weighted by atomic mass is 9.90. The Kier molecular flexibility index (Phi) is 5.01. The minimum Gasteiger partial charge on any atom is -0.444 e. The number of nitriles is 1. The molecule has 1 heterocycles. The van der Waals surface area contributed by atoms with Crippen LogP contribution in [0, 0.1) is 17.2 Å². The molecule has 1 aliphatic rings. The van der Waals surface area contributed by atoms with Gasteiger partial charge in [0.05, 0.1) is 18.0 Å².